The Morgan fingerprint density at radius 2 is 2.17 bits per heavy atom. The van der Waals surface area contributed by atoms with Gasteiger partial charge >= 0.3 is 0 Å². The average molecular weight is 169 g/mol. The summed E-state index contributed by atoms with van der Waals surface area (Å²) in [5, 5.41) is 11.2. The minimum absolute atomic E-state index is 0.106. The summed E-state index contributed by atoms with van der Waals surface area (Å²) in [5.74, 6) is -1.31. The van der Waals surface area contributed by atoms with Crippen molar-refractivity contribution in [2.45, 2.75) is 0 Å². The molecule has 1 aromatic carbocycles. The van der Waals surface area contributed by atoms with Crippen molar-refractivity contribution in [3.8, 4) is 5.75 Å². The molecule has 0 aromatic heterocycles. The molecule has 0 saturated heterocycles. The fraction of sp³-hybridized carbons (Fsp3) is 0.125. The van der Waals surface area contributed by atoms with Crippen LogP contribution in [0.2, 0.25) is 0 Å². The van der Waals surface area contributed by atoms with Crippen LogP contribution in [0.4, 0.5) is 4.39 Å². The second-order valence-electron chi connectivity index (χ2n) is 2.28. The van der Waals surface area contributed by atoms with Crippen LogP contribution in [-0.4, -0.2) is 18.1 Å². The smallest absolute Gasteiger partial charge is 0.251 e. The number of phenols is 1. The molecule has 0 unspecified atom stereocenters. The predicted molar refractivity (Wildman–Crippen MR) is 41.5 cm³/mol. The largest absolute Gasteiger partial charge is 0.508 e. The first-order chi connectivity index (χ1) is 5.63. The van der Waals surface area contributed by atoms with Gasteiger partial charge in [0.25, 0.3) is 5.91 Å². The summed E-state index contributed by atoms with van der Waals surface area (Å²) in [6.45, 7) is 0. The zero-order valence-electron chi connectivity index (χ0n) is 6.47. The Labute approximate surface area is 68.8 Å². The monoisotopic (exact) mass is 169 g/mol. The van der Waals surface area contributed by atoms with Crippen molar-refractivity contribution >= 4 is 5.91 Å². The number of halogens is 1. The number of amides is 1. The van der Waals surface area contributed by atoms with Gasteiger partial charge in [0.15, 0.2) is 0 Å². The third-order valence-electron chi connectivity index (χ3n) is 1.37. The molecule has 3 nitrogen and oxygen atoms in total. The molecule has 0 aliphatic carbocycles. The number of hydrogen-bond acceptors (Lipinski definition) is 2. The van der Waals surface area contributed by atoms with Gasteiger partial charge in [-0.2, -0.15) is 0 Å². The molecule has 64 valence electrons. The first kappa shape index (κ1) is 8.52. The number of carbonyl (C=O) groups excluding carboxylic acids is 1. The van der Waals surface area contributed by atoms with E-state index in [0.29, 0.717) is 0 Å². The molecule has 0 fully saturated rings. The molecular weight excluding hydrogens is 161 g/mol. The fourth-order valence-corrected chi connectivity index (χ4v) is 0.850. The summed E-state index contributed by atoms with van der Waals surface area (Å²) in [5.41, 5.74) is 0.106. The Kier molecular flexibility index (Phi) is 2.28. The van der Waals surface area contributed by atoms with E-state index in [9.17, 15) is 9.18 Å². The molecule has 0 heterocycles. The minimum Gasteiger partial charge on any atom is -0.508 e. The number of aromatic hydroxyl groups is 1. The zero-order chi connectivity index (χ0) is 9.14. The summed E-state index contributed by atoms with van der Waals surface area (Å²) >= 11 is 0. The van der Waals surface area contributed by atoms with Gasteiger partial charge in [-0.3, -0.25) is 4.79 Å². The zero-order valence-corrected chi connectivity index (χ0v) is 6.47. The van der Waals surface area contributed by atoms with E-state index in [-0.39, 0.29) is 11.3 Å². The lowest BCUT2D eigenvalue weighted by atomic mass is 10.2. The lowest BCUT2D eigenvalue weighted by molar-refractivity contribution is 0.0962. The van der Waals surface area contributed by atoms with Gasteiger partial charge in [-0.1, -0.05) is 0 Å². The van der Waals surface area contributed by atoms with Gasteiger partial charge < -0.3 is 10.4 Å². The average Bonchev–Trinajstić information content (AvgIpc) is 2.01. The molecule has 1 aromatic rings. The number of phenolic OH excluding ortho intramolecular Hbond substituents is 1. The van der Waals surface area contributed by atoms with E-state index in [0.717, 1.165) is 12.1 Å². The van der Waals surface area contributed by atoms with Crippen molar-refractivity contribution in [2.75, 3.05) is 7.05 Å². The maximum absolute atomic E-state index is 12.6. The van der Waals surface area contributed by atoms with Gasteiger partial charge in [0.05, 0.1) is 0 Å². The third kappa shape index (κ3) is 1.72. The van der Waals surface area contributed by atoms with Gasteiger partial charge in [-0.25, -0.2) is 4.39 Å². The van der Waals surface area contributed by atoms with Crippen molar-refractivity contribution in [1.82, 2.24) is 5.32 Å². The first-order valence-electron chi connectivity index (χ1n) is 3.35. The highest BCUT2D eigenvalue weighted by atomic mass is 19.1. The van der Waals surface area contributed by atoms with Crippen molar-refractivity contribution in [3.05, 3.63) is 29.6 Å². The predicted octanol–water partition coefficient (Wildman–Crippen LogP) is 0.891. The topological polar surface area (TPSA) is 49.3 Å². The summed E-state index contributed by atoms with van der Waals surface area (Å²) in [4.78, 5) is 10.9. The van der Waals surface area contributed by atoms with Gasteiger partial charge in [0.1, 0.15) is 11.6 Å². The molecule has 0 atom stereocenters. The van der Waals surface area contributed by atoms with Crippen LogP contribution >= 0.6 is 0 Å². The fourth-order valence-electron chi connectivity index (χ4n) is 0.850. The van der Waals surface area contributed by atoms with Gasteiger partial charge in [-0.05, 0) is 12.1 Å². The van der Waals surface area contributed by atoms with Crippen molar-refractivity contribution in [3.63, 3.8) is 0 Å². The molecule has 0 aliphatic heterocycles. The standard InChI is InChI=1S/C8H8FNO2/c1-10-8(12)5-2-6(9)4-7(11)3-5/h2-4,11H,1H3,(H,10,12). The number of nitrogens with one attached hydrogen (secondary N) is 1. The van der Waals surface area contributed by atoms with E-state index >= 15 is 0 Å². The Morgan fingerprint density at radius 3 is 2.67 bits per heavy atom. The van der Waals surface area contributed by atoms with Gasteiger partial charge in [0, 0.05) is 18.7 Å². The first-order valence-corrected chi connectivity index (χ1v) is 3.35. The minimum atomic E-state index is -0.631. The van der Waals surface area contributed by atoms with Crippen LogP contribution in [-0.2, 0) is 0 Å². The number of hydrogen-bond donors (Lipinski definition) is 2. The van der Waals surface area contributed by atoms with Crippen LogP contribution in [0.25, 0.3) is 0 Å². The maximum Gasteiger partial charge on any atom is 0.251 e. The van der Waals surface area contributed by atoms with Crippen LogP contribution in [0.15, 0.2) is 18.2 Å². The van der Waals surface area contributed by atoms with E-state index in [4.69, 9.17) is 5.11 Å². The summed E-state index contributed by atoms with van der Waals surface area (Å²) in [6.07, 6.45) is 0. The van der Waals surface area contributed by atoms with Crippen LogP contribution in [0.3, 0.4) is 0 Å². The molecule has 0 aliphatic rings. The van der Waals surface area contributed by atoms with Crippen LogP contribution in [0.5, 0.6) is 5.75 Å². The molecule has 1 amide bonds. The molecule has 2 N–H and O–H groups in total. The Bertz CT molecular complexity index is 292. The van der Waals surface area contributed by atoms with Crippen molar-refractivity contribution in [1.29, 1.82) is 0 Å². The number of rotatable bonds is 1. The third-order valence-corrected chi connectivity index (χ3v) is 1.37. The van der Waals surface area contributed by atoms with E-state index < -0.39 is 11.7 Å². The summed E-state index contributed by atoms with van der Waals surface area (Å²) < 4.78 is 12.6. The Hall–Kier alpha value is -1.58. The van der Waals surface area contributed by atoms with Crippen molar-refractivity contribution in [2.24, 2.45) is 0 Å². The molecule has 12 heavy (non-hydrogen) atoms. The molecule has 0 bridgehead atoms. The SMILES string of the molecule is CNC(=O)c1cc(O)cc(F)c1. The molecule has 0 saturated carbocycles. The molecule has 0 spiro atoms. The van der Waals surface area contributed by atoms with Gasteiger partial charge in [0.2, 0.25) is 0 Å². The summed E-state index contributed by atoms with van der Waals surface area (Å²) in [6, 6.07) is 3.19. The normalized spacial score (nSPS) is 9.50. The summed E-state index contributed by atoms with van der Waals surface area (Å²) in [7, 11) is 1.43. The van der Waals surface area contributed by atoms with Crippen LogP contribution in [0.1, 0.15) is 10.4 Å². The van der Waals surface area contributed by atoms with Crippen LogP contribution in [0, 0.1) is 5.82 Å². The highest BCUT2D eigenvalue weighted by Crippen LogP contribution is 2.13. The van der Waals surface area contributed by atoms with Crippen molar-refractivity contribution < 1.29 is 14.3 Å². The molecule has 0 radical (unpaired) electrons. The van der Waals surface area contributed by atoms with E-state index in [1.165, 1.54) is 13.1 Å². The van der Waals surface area contributed by atoms with Crippen LogP contribution < -0.4 is 5.32 Å². The van der Waals surface area contributed by atoms with E-state index in [1.54, 1.807) is 0 Å². The molecular formula is C8H8FNO2. The highest BCUT2D eigenvalue weighted by Gasteiger charge is 2.05. The Balaban J connectivity index is 3.08. The lowest BCUT2D eigenvalue weighted by Gasteiger charge is -2.00. The van der Waals surface area contributed by atoms with E-state index in [1.807, 2.05) is 0 Å². The quantitative estimate of drug-likeness (QED) is 0.655. The second-order valence-corrected chi connectivity index (χ2v) is 2.28. The Morgan fingerprint density at radius 1 is 1.50 bits per heavy atom. The van der Waals surface area contributed by atoms with E-state index in [2.05, 4.69) is 5.32 Å². The molecule has 1 rings (SSSR count). The number of carbonyl (C=O) groups is 1. The highest BCUT2D eigenvalue weighted by molar-refractivity contribution is 5.94. The number of benzene rings is 1. The second kappa shape index (κ2) is 3.21. The maximum atomic E-state index is 12.6. The molecule has 4 heteroatoms. The van der Waals surface area contributed by atoms with Gasteiger partial charge in [-0.15, -0.1) is 0 Å². The lowest BCUT2D eigenvalue weighted by Crippen LogP contribution is -2.17.